The van der Waals surface area contributed by atoms with Crippen LogP contribution in [0.4, 0.5) is 5.69 Å². The quantitative estimate of drug-likeness (QED) is 0.388. The Morgan fingerprint density at radius 3 is 2.62 bits per heavy atom. The summed E-state index contributed by atoms with van der Waals surface area (Å²) in [6, 6.07) is 6.00. The standard InChI is InChI=1S/C14H17N3O3S/c1-14(2,3)16-13(21)15-12(18)8-7-10-5-4-6-11(9-10)17(19)20/h4-9H,1-3H3,(H2,15,16,18,21)/b8-7+. The number of nitro benzene ring substituents is 1. The molecule has 0 saturated carbocycles. The average Bonchev–Trinajstić information content (AvgIpc) is 2.34. The van der Waals surface area contributed by atoms with Gasteiger partial charge in [0.25, 0.3) is 5.69 Å². The second-order valence-electron chi connectivity index (χ2n) is 5.38. The van der Waals surface area contributed by atoms with E-state index >= 15 is 0 Å². The van der Waals surface area contributed by atoms with Gasteiger partial charge in [-0.25, -0.2) is 0 Å². The van der Waals surface area contributed by atoms with Crippen molar-refractivity contribution in [3.8, 4) is 0 Å². The maximum absolute atomic E-state index is 11.7. The molecule has 1 rings (SSSR count). The molecule has 0 fully saturated rings. The molecule has 0 aliphatic carbocycles. The molecule has 21 heavy (non-hydrogen) atoms. The Morgan fingerprint density at radius 1 is 1.38 bits per heavy atom. The molecule has 7 heteroatoms. The Hall–Kier alpha value is -2.28. The van der Waals surface area contributed by atoms with Gasteiger partial charge in [0.15, 0.2) is 5.11 Å². The maximum atomic E-state index is 11.7. The lowest BCUT2D eigenvalue weighted by atomic mass is 10.1. The van der Waals surface area contributed by atoms with Gasteiger partial charge in [-0.05, 0) is 44.6 Å². The summed E-state index contributed by atoms with van der Waals surface area (Å²) in [6.45, 7) is 5.76. The molecule has 1 aromatic rings. The number of nitro groups is 1. The monoisotopic (exact) mass is 307 g/mol. The van der Waals surface area contributed by atoms with Gasteiger partial charge in [0.2, 0.25) is 5.91 Å². The van der Waals surface area contributed by atoms with Gasteiger partial charge in [0.05, 0.1) is 4.92 Å². The summed E-state index contributed by atoms with van der Waals surface area (Å²) in [5.74, 6) is -0.400. The normalized spacial score (nSPS) is 11.2. The number of carbonyl (C=O) groups excluding carboxylic acids is 1. The predicted octanol–water partition coefficient (Wildman–Crippen LogP) is 2.40. The summed E-state index contributed by atoms with van der Waals surface area (Å²) >= 11 is 5.00. The second-order valence-corrected chi connectivity index (χ2v) is 5.79. The van der Waals surface area contributed by atoms with Crippen molar-refractivity contribution < 1.29 is 9.72 Å². The molecule has 0 heterocycles. The molecule has 112 valence electrons. The molecule has 0 spiro atoms. The highest BCUT2D eigenvalue weighted by atomic mass is 32.1. The van der Waals surface area contributed by atoms with E-state index in [0.29, 0.717) is 5.56 Å². The minimum absolute atomic E-state index is 0.0255. The molecule has 0 radical (unpaired) electrons. The number of rotatable bonds is 3. The Kier molecular flexibility index (Phi) is 5.54. The van der Waals surface area contributed by atoms with Crippen LogP contribution in [0.25, 0.3) is 6.08 Å². The van der Waals surface area contributed by atoms with Crippen LogP contribution in [0.1, 0.15) is 26.3 Å². The Balaban J connectivity index is 2.64. The molecule has 0 aliphatic heterocycles. The predicted molar refractivity (Wildman–Crippen MR) is 85.8 cm³/mol. The molecule has 0 aromatic heterocycles. The van der Waals surface area contributed by atoms with E-state index in [9.17, 15) is 14.9 Å². The molecular formula is C14H17N3O3S. The van der Waals surface area contributed by atoms with Crippen molar-refractivity contribution in [1.29, 1.82) is 0 Å². The van der Waals surface area contributed by atoms with Crippen LogP contribution in [0.3, 0.4) is 0 Å². The minimum atomic E-state index is -0.486. The van der Waals surface area contributed by atoms with Crippen LogP contribution in [-0.4, -0.2) is 21.5 Å². The van der Waals surface area contributed by atoms with Crippen LogP contribution < -0.4 is 10.6 Å². The molecule has 0 bridgehead atoms. The van der Waals surface area contributed by atoms with Gasteiger partial charge in [-0.15, -0.1) is 0 Å². The van der Waals surface area contributed by atoms with E-state index in [4.69, 9.17) is 12.2 Å². The zero-order chi connectivity index (χ0) is 16.0. The number of hydrogen-bond donors (Lipinski definition) is 2. The fourth-order valence-electron chi connectivity index (χ4n) is 1.44. The van der Waals surface area contributed by atoms with E-state index in [1.807, 2.05) is 20.8 Å². The molecular weight excluding hydrogens is 290 g/mol. The van der Waals surface area contributed by atoms with Crippen LogP contribution in [0.5, 0.6) is 0 Å². The Morgan fingerprint density at radius 2 is 2.05 bits per heavy atom. The van der Waals surface area contributed by atoms with Gasteiger partial charge in [-0.3, -0.25) is 20.2 Å². The highest BCUT2D eigenvalue weighted by molar-refractivity contribution is 7.80. The molecule has 1 aromatic carbocycles. The van der Waals surface area contributed by atoms with Gasteiger partial charge < -0.3 is 5.32 Å². The lowest BCUT2D eigenvalue weighted by Crippen LogP contribution is -2.47. The first-order valence-electron chi connectivity index (χ1n) is 6.23. The van der Waals surface area contributed by atoms with Gasteiger partial charge in [0, 0.05) is 23.7 Å². The topological polar surface area (TPSA) is 84.3 Å². The van der Waals surface area contributed by atoms with E-state index in [1.54, 1.807) is 12.1 Å². The van der Waals surface area contributed by atoms with Crippen molar-refractivity contribution in [2.45, 2.75) is 26.3 Å². The van der Waals surface area contributed by atoms with Crippen molar-refractivity contribution in [3.05, 3.63) is 46.0 Å². The zero-order valence-electron chi connectivity index (χ0n) is 12.0. The Labute approximate surface area is 128 Å². The van der Waals surface area contributed by atoms with Crippen LogP contribution in [0.2, 0.25) is 0 Å². The number of carbonyl (C=O) groups is 1. The molecule has 2 N–H and O–H groups in total. The summed E-state index contributed by atoms with van der Waals surface area (Å²) in [4.78, 5) is 21.8. The number of nitrogens with zero attached hydrogens (tertiary/aromatic N) is 1. The summed E-state index contributed by atoms with van der Waals surface area (Å²) < 4.78 is 0. The summed E-state index contributed by atoms with van der Waals surface area (Å²) in [5, 5.41) is 16.3. The van der Waals surface area contributed by atoms with Gasteiger partial charge in [-0.2, -0.15) is 0 Å². The molecule has 0 aliphatic rings. The number of amides is 1. The number of thiocarbonyl (C=S) groups is 1. The largest absolute Gasteiger partial charge is 0.358 e. The SMILES string of the molecule is CC(C)(C)NC(=S)NC(=O)/C=C/c1cccc([N+](=O)[O-])c1. The third-order valence-electron chi connectivity index (χ3n) is 2.23. The van der Waals surface area contributed by atoms with E-state index in [2.05, 4.69) is 10.6 Å². The second kappa shape index (κ2) is 6.94. The smallest absolute Gasteiger partial charge is 0.270 e. The lowest BCUT2D eigenvalue weighted by molar-refractivity contribution is -0.384. The first kappa shape index (κ1) is 16.8. The lowest BCUT2D eigenvalue weighted by Gasteiger charge is -2.22. The number of non-ortho nitro benzene ring substituents is 1. The Bertz CT molecular complexity index is 591. The first-order chi connectivity index (χ1) is 9.67. The van der Waals surface area contributed by atoms with Crippen LogP contribution in [-0.2, 0) is 4.79 Å². The summed E-state index contributed by atoms with van der Waals surface area (Å²) in [5.41, 5.74) is 0.297. The third kappa shape index (κ3) is 6.62. The zero-order valence-corrected chi connectivity index (χ0v) is 12.9. The average molecular weight is 307 g/mol. The summed E-state index contributed by atoms with van der Waals surface area (Å²) in [7, 11) is 0. The van der Waals surface area contributed by atoms with Crippen LogP contribution >= 0.6 is 12.2 Å². The fourth-order valence-corrected chi connectivity index (χ4v) is 1.85. The van der Waals surface area contributed by atoms with E-state index in [-0.39, 0.29) is 16.3 Å². The van der Waals surface area contributed by atoms with E-state index in [0.717, 1.165) is 0 Å². The van der Waals surface area contributed by atoms with E-state index in [1.165, 1.54) is 24.3 Å². The van der Waals surface area contributed by atoms with Crippen LogP contribution in [0.15, 0.2) is 30.3 Å². The van der Waals surface area contributed by atoms with Crippen molar-refractivity contribution in [2.24, 2.45) is 0 Å². The van der Waals surface area contributed by atoms with Crippen LogP contribution in [0, 0.1) is 10.1 Å². The van der Waals surface area contributed by atoms with Gasteiger partial charge in [-0.1, -0.05) is 12.1 Å². The summed E-state index contributed by atoms with van der Waals surface area (Å²) in [6.07, 6.45) is 2.76. The molecule has 0 saturated heterocycles. The first-order valence-corrected chi connectivity index (χ1v) is 6.64. The van der Waals surface area contributed by atoms with Gasteiger partial charge in [0.1, 0.15) is 0 Å². The number of benzene rings is 1. The molecule has 1 amide bonds. The number of nitrogens with one attached hydrogen (secondary N) is 2. The van der Waals surface area contributed by atoms with Crippen molar-refractivity contribution >= 4 is 35.0 Å². The van der Waals surface area contributed by atoms with Crippen molar-refractivity contribution in [3.63, 3.8) is 0 Å². The van der Waals surface area contributed by atoms with Gasteiger partial charge >= 0.3 is 0 Å². The highest BCUT2D eigenvalue weighted by Crippen LogP contribution is 2.13. The van der Waals surface area contributed by atoms with Crippen molar-refractivity contribution in [2.75, 3.05) is 0 Å². The minimum Gasteiger partial charge on any atom is -0.358 e. The molecule has 6 nitrogen and oxygen atoms in total. The maximum Gasteiger partial charge on any atom is 0.270 e. The fraction of sp³-hybridized carbons (Fsp3) is 0.286. The number of hydrogen-bond acceptors (Lipinski definition) is 4. The van der Waals surface area contributed by atoms with E-state index < -0.39 is 10.8 Å². The molecule has 0 atom stereocenters. The molecule has 0 unspecified atom stereocenters. The van der Waals surface area contributed by atoms with Crippen molar-refractivity contribution in [1.82, 2.24) is 10.6 Å². The third-order valence-corrected chi connectivity index (χ3v) is 2.44. The highest BCUT2D eigenvalue weighted by Gasteiger charge is 2.11.